The number of para-hydroxylation sites is 2. The zero-order valence-electron chi connectivity index (χ0n) is 29.2. The van der Waals surface area contributed by atoms with Crippen molar-refractivity contribution in [3.8, 4) is 22.6 Å². The van der Waals surface area contributed by atoms with Crippen molar-refractivity contribution < 1.29 is 13.3 Å². The Morgan fingerprint density at radius 3 is 1.65 bits per heavy atom. The molecule has 4 aromatic heterocycles. The number of hydrogen-bond donors (Lipinski definition) is 0. The molecular formula is C49H28N2O3S. The molecule has 4 heterocycles. The molecule has 0 bridgehead atoms. The molecule has 258 valence electrons. The van der Waals surface area contributed by atoms with E-state index in [-0.39, 0.29) is 0 Å². The van der Waals surface area contributed by atoms with Crippen LogP contribution in [-0.4, -0.2) is 4.98 Å². The molecule has 6 heteroatoms. The summed E-state index contributed by atoms with van der Waals surface area (Å²) in [6.07, 6.45) is 0. The van der Waals surface area contributed by atoms with Gasteiger partial charge in [-0.2, -0.15) is 0 Å². The highest BCUT2D eigenvalue weighted by Gasteiger charge is 2.22. The standard InChI is InChI=1S/C49H28N2O3S/c1-2-10-30(11-3-1)49-50-40-28-39-38-14-6-9-17-45(38)55-48(39)46(47(40)54-49)29-18-20-31(21-19-29)51(32-22-24-36-34-12-4-7-15-41(34)52-43(36)26-32)33-23-25-37-35-13-5-8-16-42(35)53-44(37)27-33/h1-28H. The minimum absolute atomic E-state index is 0.614. The first-order valence-corrected chi connectivity index (χ1v) is 19.1. The molecular weight excluding hydrogens is 697 g/mol. The molecule has 0 unspecified atom stereocenters. The largest absolute Gasteiger partial charge is 0.456 e. The molecule has 0 amide bonds. The molecule has 12 rings (SSSR count). The second kappa shape index (κ2) is 11.7. The van der Waals surface area contributed by atoms with E-state index in [0.717, 1.165) is 88.7 Å². The van der Waals surface area contributed by atoms with Crippen LogP contribution in [0.3, 0.4) is 0 Å². The Morgan fingerprint density at radius 2 is 0.982 bits per heavy atom. The number of fused-ring (bicyclic) bond motifs is 10. The Bertz CT molecular complexity index is 3330. The Morgan fingerprint density at radius 1 is 0.418 bits per heavy atom. The van der Waals surface area contributed by atoms with Crippen LogP contribution in [-0.2, 0) is 0 Å². The summed E-state index contributed by atoms with van der Waals surface area (Å²) in [5, 5.41) is 6.79. The third-order valence-electron chi connectivity index (χ3n) is 10.7. The maximum Gasteiger partial charge on any atom is 0.227 e. The molecule has 0 aliphatic heterocycles. The second-order valence-electron chi connectivity index (χ2n) is 13.9. The fraction of sp³-hybridized carbons (Fsp3) is 0. The molecule has 55 heavy (non-hydrogen) atoms. The van der Waals surface area contributed by atoms with Gasteiger partial charge in [-0.1, -0.05) is 84.9 Å². The van der Waals surface area contributed by atoms with E-state index in [2.05, 4.69) is 120 Å². The lowest BCUT2D eigenvalue weighted by Gasteiger charge is -2.25. The van der Waals surface area contributed by atoms with Crippen LogP contribution in [0.2, 0.25) is 0 Å². The van der Waals surface area contributed by atoms with Crippen molar-refractivity contribution in [2.24, 2.45) is 0 Å². The molecule has 0 saturated carbocycles. The topological polar surface area (TPSA) is 55.6 Å². The number of benzene rings is 8. The molecule has 12 aromatic rings. The second-order valence-corrected chi connectivity index (χ2v) is 15.0. The van der Waals surface area contributed by atoms with Gasteiger partial charge in [0.25, 0.3) is 0 Å². The van der Waals surface area contributed by atoms with Gasteiger partial charge in [-0.05, 0) is 78.4 Å². The normalized spacial score (nSPS) is 12.0. The number of oxazole rings is 1. The fourth-order valence-corrected chi connectivity index (χ4v) is 9.39. The SMILES string of the molecule is c1ccc(-c2nc3cc4c(sc5ccccc54)c(-c4ccc(N(c5ccc6c(c5)oc5ccccc56)c5ccc6c(c5)oc5ccccc56)cc4)c3o2)cc1. The van der Waals surface area contributed by atoms with Crippen LogP contribution in [0.4, 0.5) is 17.1 Å². The highest BCUT2D eigenvalue weighted by atomic mass is 32.1. The van der Waals surface area contributed by atoms with Gasteiger partial charge < -0.3 is 18.2 Å². The number of nitrogens with zero attached hydrogens (tertiary/aromatic N) is 2. The summed E-state index contributed by atoms with van der Waals surface area (Å²) in [6.45, 7) is 0. The van der Waals surface area contributed by atoms with Crippen molar-refractivity contribution in [3.05, 3.63) is 170 Å². The van der Waals surface area contributed by atoms with E-state index in [0.29, 0.717) is 5.89 Å². The molecule has 0 aliphatic rings. The van der Waals surface area contributed by atoms with E-state index in [1.807, 2.05) is 54.6 Å². The van der Waals surface area contributed by atoms with Gasteiger partial charge in [0.2, 0.25) is 5.89 Å². The quantitative estimate of drug-likeness (QED) is 0.177. The lowest BCUT2D eigenvalue weighted by molar-refractivity contribution is 0.621. The van der Waals surface area contributed by atoms with Crippen molar-refractivity contribution >= 4 is 104 Å². The summed E-state index contributed by atoms with van der Waals surface area (Å²) < 4.78 is 21.8. The van der Waals surface area contributed by atoms with E-state index in [1.165, 1.54) is 20.2 Å². The molecule has 0 spiro atoms. The summed E-state index contributed by atoms with van der Waals surface area (Å²) in [6, 6.07) is 59.0. The van der Waals surface area contributed by atoms with Crippen LogP contribution in [0.5, 0.6) is 0 Å². The highest BCUT2D eigenvalue weighted by Crippen LogP contribution is 2.47. The van der Waals surface area contributed by atoms with Crippen molar-refractivity contribution in [2.45, 2.75) is 0 Å². The van der Waals surface area contributed by atoms with Crippen molar-refractivity contribution in [2.75, 3.05) is 4.90 Å². The van der Waals surface area contributed by atoms with Crippen LogP contribution >= 0.6 is 11.3 Å². The first-order valence-electron chi connectivity index (χ1n) is 18.3. The van der Waals surface area contributed by atoms with E-state index in [1.54, 1.807) is 11.3 Å². The summed E-state index contributed by atoms with van der Waals surface area (Å²) in [4.78, 5) is 7.29. The van der Waals surface area contributed by atoms with E-state index >= 15 is 0 Å². The van der Waals surface area contributed by atoms with E-state index in [9.17, 15) is 0 Å². The third kappa shape index (κ3) is 4.68. The smallest absolute Gasteiger partial charge is 0.227 e. The van der Waals surface area contributed by atoms with Crippen LogP contribution in [0.25, 0.3) is 97.7 Å². The number of furan rings is 2. The van der Waals surface area contributed by atoms with Gasteiger partial charge in [0.05, 0.1) is 0 Å². The molecule has 0 fully saturated rings. The van der Waals surface area contributed by atoms with Gasteiger partial charge >= 0.3 is 0 Å². The predicted molar refractivity (Wildman–Crippen MR) is 227 cm³/mol. The molecule has 0 N–H and O–H groups in total. The monoisotopic (exact) mass is 724 g/mol. The van der Waals surface area contributed by atoms with Gasteiger partial charge in [0, 0.05) is 82.0 Å². The lowest BCUT2D eigenvalue weighted by Crippen LogP contribution is -2.09. The number of hydrogen-bond acceptors (Lipinski definition) is 6. The first-order chi connectivity index (χ1) is 27.2. The Hall–Kier alpha value is -7.15. The minimum Gasteiger partial charge on any atom is -0.456 e. The number of rotatable bonds is 5. The van der Waals surface area contributed by atoms with Crippen molar-refractivity contribution in [3.63, 3.8) is 0 Å². The molecule has 5 nitrogen and oxygen atoms in total. The van der Waals surface area contributed by atoms with Gasteiger partial charge in [-0.15, -0.1) is 11.3 Å². The Labute approximate surface area is 317 Å². The zero-order valence-corrected chi connectivity index (χ0v) is 30.0. The highest BCUT2D eigenvalue weighted by molar-refractivity contribution is 7.26. The van der Waals surface area contributed by atoms with Crippen LogP contribution < -0.4 is 4.90 Å². The molecule has 8 aromatic carbocycles. The molecule has 0 aliphatic carbocycles. The maximum absolute atomic E-state index is 6.66. The number of aromatic nitrogens is 1. The lowest BCUT2D eigenvalue weighted by atomic mass is 10.0. The molecule has 0 atom stereocenters. The van der Waals surface area contributed by atoms with E-state index < -0.39 is 0 Å². The van der Waals surface area contributed by atoms with Crippen LogP contribution in [0.1, 0.15) is 0 Å². The predicted octanol–water partition coefficient (Wildman–Crippen LogP) is 14.8. The Kier molecular flexibility index (Phi) is 6.44. The molecule has 0 radical (unpaired) electrons. The van der Waals surface area contributed by atoms with Crippen molar-refractivity contribution in [1.29, 1.82) is 0 Å². The minimum atomic E-state index is 0.614. The Balaban J connectivity index is 1.05. The van der Waals surface area contributed by atoms with Gasteiger partial charge in [-0.25, -0.2) is 4.98 Å². The van der Waals surface area contributed by atoms with Crippen molar-refractivity contribution in [1.82, 2.24) is 4.98 Å². The van der Waals surface area contributed by atoms with Crippen LogP contribution in [0.15, 0.2) is 183 Å². The number of anilines is 3. The maximum atomic E-state index is 6.66. The van der Waals surface area contributed by atoms with Gasteiger partial charge in [0.15, 0.2) is 5.58 Å². The summed E-state index contributed by atoms with van der Waals surface area (Å²) in [5.41, 5.74) is 11.1. The summed E-state index contributed by atoms with van der Waals surface area (Å²) in [5.74, 6) is 0.614. The average molecular weight is 725 g/mol. The third-order valence-corrected chi connectivity index (χ3v) is 11.9. The zero-order chi connectivity index (χ0) is 36.0. The molecule has 0 saturated heterocycles. The summed E-state index contributed by atoms with van der Waals surface area (Å²) in [7, 11) is 0. The first kappa shape index (κ1) is 30.3. The van der Waals surface area contributed by atoms with Crippen LogP contribution in [0, 0.1) is 0 Å². The average Bonchev–Trinajstić information content (AvgIpc) is 4.02. The van der Waals surface area contributed by atoms with Gasteiger partial charge in [-0.3, -0.25) is 0 Å². The fourth-order valence-electron chi connectivity index (χ4n) is 8.14. The van der Waals surface area contributed by atoms with Gasteiger partial charge in [0.1, 0.15) is 27.8 Å². The van der Waals surface area contributed by atoms with E-state index in [4.69, 9.17) is 18.2 Å². The number of thiophene rings is 1. The summed E-state index contributed by atoms with van der Waals surface area (Å²) >= 11 is 1.79.